The van der Waals surface area contributed by atoms with Crippen molar-refractivity contribution >= 4 is 11.6 Å². The van der Waals surface area contributed by atoms with Crippen LogP contribution in [0.2, 0.25) is 0 Å². The van der Waals surface area contributed by atoms with E-state index in [2.05, 4.69) is 13.8 Å². The SMILES string of the molecule is C[C@@]12CCC[C@H]1[C@@H]1C(=O)C[C@H]3CCC(=O)C[C@]3(C)[C@H]1CC2. The summed E-state index contributed by atoms with van der Waals surface area (Å²) in [5, 5.41) is 0. The van der Waals surface area contributed by atoms with Gasteiger partial charge in [-0.05, 0) is 60.7 Å². The van der Waals surface area contributed by atoms with Gasteiger partial charge in [-0.2, -0.15) is 0 Å². The molecule has 0 spiro atoms. The summed E-state index contributed by atoms with van der Waals surface area (Å²) in [6.45, 7) is 4.77. The highest BCUT2D eigenvalue weighted by atomic mass is 16.1. The molecule has 0 aromatic heterocycles. The Morgan fingerprint density at radius 1 is 1.00 bits per heavy atom. The Morgan fingerprint density at radius 2 is 1.81 bits per heavy atom. The number of carbonyl (C=O) groups excluding carboxylic acids is 2. The van der Waals surface area contributed by atoms with E-state index in [0.717, 1.165) is 19.3 Å². The number of ketones is 2. The highest BCUT2D eigenvalue weighted by Crippen LogP contribution is 2.64. The van der Waals surface area contributed by atoms with Gasteiger partial charge in [-0.15, -0.1) is 0 Å². The topological polar surface area (TPSA) is 34.1 Å². The van der Waals surface area contributed by atoms with Gasteiger partial charge in [-0.1, -0.05) is 20.3 Å². The highest BCUT2D eigenvalue weighted by molar-refractivity contribution is 5.86. The monoisotopic (exact) mass is 288 g/mol. The van der Waals surface area contributed by atoms with Crippen molar-refractivity contribution in [3.63, 3.8) is 0 Å². The van der Waals surface area contributed by atoms with Gasteiger partial charge in [0.15, 0.2) is 0 Å². The number of hydrogen-bond donors (Lipinski definition) is 0. The Bertz CT molecular complexity index is 496. The number of fused-ring (bicyclic) bond motifs is 5. The molecule has 0 aromatic carbocycles. The van der Waals surface area contributed by atoms with Gasteiger partial charge in [0.2, 0.25) is 0 Å². The zero-order valence-corrected chi connectivity index (χ0v) is 13.5. The minimum absolute atomic E-state index is 0.123. The maximum atomic E-state index is 12.9. The lowest BCUT2D eigenvalue weighted by atomic mass is 9.45. The van der Waals surface area contributed by atoms with Crippen molar-refractivity contribution < 1.29 is 9.59 Å². The molecule has 0 bridgehead atoms. The largest absolute Gasteiger partial charge is 0.300 e. The quantitative estimate of drug-likeness (QED) is 0.670. The second-order valence-corrected chi connectivity index (χ2v) is 8.95. The van der Waals surface area contributed by atoms with Gasteiger partial charge in [0.25, 0.3) is 0 Å². The molecule has 0 aliphatic heterocycles. The Labute approximate surface area is 128 Å². The van der Waals surface area contributed by atoms with Crippen LogP contribution < -0.4 is 0 Å². The molecule has 4 aliphatic rings. The Hall–Kier alpha value is -0.660. The minimum atomic E-state index is 0.123. The van der Waals surface area contributed by atoms with Gasteiger partial charge in [0.05, 0.1) is 0 Å². The molecular weight excluding hydrogens is 260 g/mol. The van der Waals surface area contributed by atoms with Gasteiger partial charge in [0.1, 0.15) is 11.6 Å². The Kier molecular flexibility index (Phi) is 2.94. The molecule has 0 saturated heterocycles. The van der Waals surface area contributed by atoms with E-state index in [1.165, 1.54) is 32.1 Å². The smallest absolute Gasteiger partial charge is 0.136 e. The fourth-order valence-corrected chi connectivity index (χ4v) is 6.79. The second-order valence-electron chi connectivity index (χ2n) is 8.95. The molecule has 0 aromatic rings. The molecule has 0 N–H and O–H groups in total. The van der Waals surface area contributed by atoms with Crippen LogP contribution in [0.4, 0.5) is 0 Å². The number of hydrogen-bond acceptors (Lipinski definition) is 2. The molecule has 0 amide bonds. The van der Waals surface area contributed by atoms with E-state index in [1.54, 1.807) is 0 Å². The summed E-state index contributed by atoms with van der Waals surface area (Å²) in [7, 11) is 0. The average Bonchev–Trinajstić information content (AvgIpc) is 2.81. The van der Waals surface area contributed by atoms with E-state index >= 15 is 0 Å². The molecule has 6 atom stereocenters. The van der Waals surface area contributed by atoms with Crippen LogP contribution in [0.1, 0.15) is 71.6 Å². The number of carbonyl (C=O) groups is 2. The first-order valence-corrected chi connectivity index (χ1v) is 8.98. The van der Waals surface area contributed by atoms with Crippen molar-refractivity contribution in [3.8, 4) is 0 Å². The van der Waals surface area contributed by atoms with Crippen LogP contribution >= 0.6 is 0 Å². The van der Waals surface area contributed by atoms with Gasteiger partial charge in [-0.25, -0.2) is 0 Å². The molecule has 2 nitrogen and oxygen atoms in total. The summed E-state index contributed by atoms with van der Waals surface area (Å²) in [5.41, 5.74) is 0.538. The third kappa shape index (κ3) is 1.83. The van der Waals surface area contributed by atoms with Crippen LogP contribution in [0.3, 0.4) is 0 Å². The molecule has 4 fully saturated rings. The minimum Gasteiger partial charge on any atom is -0.300 e. The summed E-state index contributed by atoms with van der Waals surface area (Å²) in [4.78, 5) is 25.0. The van der Waals surface area contributed by atoms with Gasteiger partial charge in [-0.3, -0.25) is 9.59 Å². The maximum Gasteiger partial charge on any atom is 0.136 e. The maximum absolute atomic E-state index is 12.9. The first kappa shape index (κ1) is 14.0. The van der Waals surface area contributed by atoms with E-state index < -0.39 is 0 Å². The predicted octanol–water partition coefficient (Wildman–Crippen LogP) is 4.17. The van der Waals surface area contributed by atoms with E-state index in [1.807, 2.05) is 0 Å². The molecule has 0 heterocycles. The standard InChI is InChI=1S/C19H28O2/c1-18-8-3-4-14(18)17-15(7-9-18)19(2)11-13(20)6-5-12(19)10-16(17)21/h12,14-15,17H,3-11H2,1-2H3/t12-,14+,15+,17+,18+,19+/m1/s1. The van der Waals surface area contributed by atoms with Crippen molar-refractivity contribution in [1.82, 2.24) is 0 Å². The molecule has 2 heteroatoms. The van der Waals surface area contributed by atoms with E-state index in [0.29, 0.717) is 41.2 Å². The third-order valence-corrected chi connectivity index (χ3v) is 8.00. The second kappa shape index (κ2) is 4.43. The number of Topliss-reactive ketones (excluding diaryl/α,β-unsaturated/α-hetero) is 2. The van der Waals surface area contributed by atoms with E-state index in [-0.39, 0.29) is 11.3 Å². The zero-order valence-electron chi connectivity index (χ0n) is 13.5. The average molecular weight is 288 g/mol. The summed E-state index contributed by atoms with van der Waals surface area (Å²) < 4.78 is 0. The van der Waals surface area contributed by atoms with Crippen LogP contribution in [0.5, 0.6) is 0 Å². The molecular formula is C19H28O2. The van der Waals surface area contributed by atoms with Crippen LogP contribution in [-0.4, -0.2) is 11.6 Å². The van der Waals surface area contributed by atoms with Crippen LogP contribution in [0.15, 0.2) is 0 Å². The lowest BCUT2D eigenvalue weighted by Gasteiger charge is -2.58. The van der Waals surface area contributed by atoms with Crippen molar-refractivity contribution in [1.29, 1.82) is 0 Å². The van der Waals surface area contributed by atoms with E-state index in [9.17, 15) is 9.59 Å². The molecule has 4 rings (SSSR count). The van der Waals surface area contributed by atoms with Crippen molar-refractivity contribution in [2.45, 2.75) is 71.6 Å². The highest BCUT2D eigenvalue weighted by Gasteiger charge is 2.60. The fourth-order valence-electron chi connectivity index (χ4n) is 6.79. The van der Waals surface area contributed by atoms with Crippen LogP contribution in [0.25, 0.3) is 0 Å². The van der Waals surface area contributed by atoms with Gasteiger partial charge in [0, 0.05) is 25.2 Å². The predicted molar refractivity (Wildman–Crippen MR) is 81.7 cm³/mol. The zero-order chi connectivity index (χ0) is 14.8. The fraction of sp³-hybridized carbons (Fsp3) is 0.895. The summed E-state index contributed by atoms with van der Waals surface area (Å²) in [6, 6.07) is 0. The third-order valence-electron chi connectivity index (χ3n) is 8.00. The first-order chi connectivity index (χ1) is 9.94. The normalized spacial score (nSPS) is 53.0. The van der Waals surface area contributed by atoms with Crippen molar-refractivity contribution in [3.05, 3.63) is 0 Å². The lowest BCUT2D eigenvalue weighted by Crippen LogP contribution is -2.56. The van der Waals surface area contributed by atoms with E-state index in [4.69, 9.17) is 0 Å². The summed E-state index contributed by atoms with van der Waals surface area (Å²) >= 11 is 0. The molecule has 0 unspecified atom stereocenters. The number of rotatable bonds is 0. The van der Waals surface area contributed by atoms with Crippen molar-refractivity contribution in [2.24, 2.45) is 34.5 Å². The summed E-state index contributed by atoms with van der Waals surface area (Å²) in [5.74, 6) is 2.85. The Morgan fingerprint density at radius 3 is 2.62 bits per heavy atom. The molecule has 21 heavy (non-hydrogen) atoms. The molecule has 0 radical (unpaired) electrons. The lowest BCUT2D eigenvalue weighted by molar-refractivity contribution is -0.158. The van der Waals surface area contributed by atoms with Crippen LogP contribution in [0, 0.1) is 34.5 Å². The molecule has 116 valence electrons. The molecule has 4 aliphatic carbocycles. The first-order valence-electron chi connectivity index (χ1n) is 8.98. The van der Waals surface area contributed by atoms with Gasteiger partial charge >= 0.3 is 0 Å². The van der Waals surface area contributed by atoms with Gasteiger partial charge < -0.3 is 0 Å². The summed E-state index contributed by atoms with van der Waals surface area (Å²) in [6.07, 6.45) is 9.51. The van der Waals surface area contributed by atoms with Crippen LogP contribution in [-0.2, 0) is 9.59 Å². The molecule has 4 saturated carbocycles. The van der Waals surface area contributed by atoms with Crippen molar-refractivity contribution in [2.75, 3.05) is 0 Å². The Balaban J connectivity index is 1.72.